The highest BCUT2D eigenvalue weighted by Crippen LogP contribution is 2.25. The Morgan fingerprint density at radius 1 is 1.08 bits per heavy atom. The van der Waals surface area contributed by atoms with Crippen LogP contribution in [0.4, 0.5) is 11.4 Å². The van der Waals surface area contributed by atoms with Gasteiger partial charge in [0.05, 0.1) is 16.4 Å². The number of alkyl halides is 2. The smallest absolute Gasteiger partial charge is 0.269 e. The third-order valence-corrected chi connectivity index (χ3v) is 7.40. The van der Waals surface area contributed by atoms with Crippen molar-refractivity contribution in [2.75, 3.05) is 16.2 Å². The van der Waals surface area contributed by atoms with Gasteiger partial charge in [0.15, 0.2) is 0 Å². The molecular weight excluding hydrogens is 476 g/mol. The zero-order valence-corrected chi connectivity index (χ0v) is 17.1. The fraction of sp³-hybridized carbons (Fsp3) is 0.250. The van der Waals surface area contributed by atoms with Crippen LogP contribution in [0.15, 0.2) is 54.6 Å². The number of halogens is 2. The minimum atomic E-state index is -3.65. The number of hydrogen-bond acceptors (Lipinski definition) is 4. The monoisotopic (exact) mass is 490 g/mol. The van der Waals surface area contributed by atoms with E-state index in [1.807, 2.05) is 6.07 Å². The molecule has 0 heterocycles. The predicted octanol–water partition coefficient (Wildman–Crippen LogP) is 4.09. The Kier molecular flexibility index (Phi) is 6.97. The number of nitro groups is 1. The van der Waals surface area contributed by atoms with Gasteiger partial charge in [-0.15, -0.1) is 0 Å². The SMILES string of the molecule is O=[N+]([O-])c1ccc(N(CC(Br)CBr)S(=O)(=O)Cc2ccccc2)cc1. The lowest BCUT2D eigenvalue weighted by Crippen LogP contribution is -2.37. The molecule has 0 radical (unpaired) electrons. The van der Waals surface area contributed by atoms with Crippen LogP contribution >= 0.6 is 31.9 Å². The molecule has 0 N–H and O–H groups in total. The predicted molar refractivity (Wildman–Crippen MR) is 106 cm³/mol. The van der Waals surface area contributed by atoms with E-state index in [0.717, 1.165) is 0 Å². The second-order valence-electron chi connectivity index (χ2n) is 5.30. The van der Waals surface area contributed by atoms with Crippen molar-refractivity contribution in [2.45, 2.75) is 10.6 Å². The van der Waals surface area contributed by atoms with Gasteiger partial charge in [0, 0.05) is 28.8 Å². The average molecular weight is 492 g/mol. The molecule has 0 bridgehead atoms. The number of sulfonamides is 1. The van der Waals surface area contributed by atoms with Gasteiger partial charge in [0.2, 0.25) is 10.0 Å². The summed E-state index contributed by atoms with van der Waals surface area (Å²) in [6, 6.07) is 14.4. The number of hydrogen-bond donors (Lipinski definition) is 0. The molecule has 1 unspecified atom stereocenters. The van der Waals surface area contributed by atoms with Gasteiger partial charge < -0.3 is 0 Å². The molecule has 2 aromatic carbocycles. The Morgan fingerprint density at radius 2 is 1.68 bits per heavy atom. The molecule has 0 spiro atoms. The van der Waals surface area contributed by atoms with Crippen LogP contribution in [0, 0.1) is 10.1 Å². The van der Waals surface area contributed by atoms with Crippen molar-refractivity contribution in [3.05, 3.63) is 70.3 Å². The van der Waals surface area contributed by atoms with Crippen molar-refractivity contribution in [3.8, 4) is 0 Å². The highest BCUT2D eigenvalue weighted by Gasteiger charge is 2.25. The quantitative estimate of drug-likeness (QED) is 0.316. The first kappa shape index (κ1) is 19.9. The van der Waals surface area contributed by atoms with Crippen molar-refractivity contribution >= 4 is 53.3 Å². The molecule has 6 nitrogen and oxygen atoms in total. The normalized spacial score (nSPS) is 12.6. The van der Waals surface area contributed by atoms with Gasteiger partial charge in [0.25, 0.3) is 5.69 Å². The van der Waals surface area contributed by atoms with Crippen LogP contribution in [-0.2, 0) is 15.8 Å². The van der Waals surface area contributed by atoms with E-state index in [1.165, 1.54) is 28.6 Å². The molecule has 0 saturated heterocycles. The molecule has 0 aliphatic heterocycles. The van der Waals surface area contributed by atoms with E-state index in [2.05, 4.69) is 31.9 Å². The minimum absolute atomic E-state index is 0.0833. The first-order valence-electron chi connectivity index (χ1n) is 7.32. The fourth-order valence-corrected chi connectivity index (χ4v) is 4.52. The van der Waals surface area contributed by atoms with Crippen LogP contribution in [0.25, 0.3) is 0 Å². The second-order valence-corrected chi connectivity index (χ2v) is 9.13. The molecule has 0 aliphatic rings. The largest absolute Gasteiger partial charge is 0.269 e. The van der Waals surface area contributed by atoms with Crippen LogP contribution in [0.2, 0.25) is 0 Å². The fourth-order valence-electron chi connectivity index (χ4n) is 2.21. The zero-order valence-electron chi connectivity index (χ0n) is 13.1. The van der Waals surface area contributed by atoms with Crippen LogP contribution in [-0.4, -0.2) is 30.0 Å². The van der Waals surface area contributed by atoms with Crippen molar-refractivity contribution in [1.29, 1.82) is 0 Å². The second kappa shape index (κ2) is 8.77. The first-order chi connectivity index (χ1) is 11.8. The standard InChI is InChI=1S/C16H16Br2N2O4S/c17-10-14(18)11-19(15-6-8-16(9-7-15)20(21)22)25(23,24)12-13-4-2-1-3-5-13/h1-9,14H,10-12H2. The molecule has 2 aromatic rings. The molecule has 2 rings (SSSR count). The molecule has 0 fully saturated rings. The van der Waals surface area contributed by atoms with Crippen LogP contribution in [0.5, 0.6) is 0 Å². The third kappa shape index (κ3) is 5.52. The van der Waals surface area contributed by atoms with E-state index in [1.54, 1.807) is 24.3 Å². The summed E-state index contributed by atoms with van der Waals surface area (Å²) in [5.74, 6) is -0.146. The number of nitrogens with zero attached hydrogens (tertiary/aromatic N) is 2. The van der Waals surface area contributed by atoms with E-state index in [0.29, 0.717) is 16.6 Å². The van der Waals surface area contributed by atoms with Gasteiger partial charge >= 0.3 is 0 Å². The number of anilines is 1. The van der Waals surface area contributed by atoms with E-state index < -0.39 is 14.9 Å². The number of benzene rings is 2. The molecule has 25 heavy (non-hydrogen) atoms. The third-order valence-electron chi connectivity index (χ3n) is 3.41. The molecular formula is C16H16Br2N2O4S. The Labute approximate surface area is 163 Å². The summed E-state index contributed by atoms with van der Waals surface area (Å²) in [6.07, 6.45) is 0. The van der Waals surface area contributed by atoms with Gasteiger partial charge in [0.1, 0.15) is 0 Å². The lowest BCUT2D eigenvalue weighted by molar-refractivity contribution is -0.384. The maximum atomic E-state index is 12.9. The summed E-state index contributed by atoms with van der Waals surface area (Å²) < 4.78 is 27.1. The summed E-state index contributed by atoms with van der Waals surface area (Å²) in [5.41, 5.74) is 0.992. The Hall–Kier alpha value is -1.45. The van der Waals surface area contributed by atoms with Crippen molar-refractivity contribution < 1.29 is 13.3 Å². The summed E-state index contributed by atoms with van der Waals surface area (Å²) in [6.45, 7) is 0.207. The van der Waals surface area contributed by atoms with E-state index in [4.69, 9.17) is 0 Å². The van der Waals surface area contributed by atoms with Crippen LogP contribution in [0.3, 0.4) is 0 Å². The van der Waals surface area contributed by atoms with Crippen molar-refractivity contribution in [1.82, 2.24) is 0 Å². The number of nitro benzene ring substituents is 1. The summed E-state index contributed by atoms with van der Waals surface area (Å²) in [4.78, 5) is 10.2. The van der Waals surface area contributed by atoms with E-state index in [-0.39, 0.29) is 22.8 Å². The van der Waals surface area contributed by atoms with Gasteiger partial charge in [-0.1, -0.05) is 62.2 Å². The van der Waals surface area contributed by atoms with Gasteiger partial charge in [-0.3, -0.25) is 14.4 Å². The van der Waals surface area contributed by atoms with Crippen LogP contribution in [0.1, 0.15) is 5.56 Å². The van der Waals surface area contributed by atoms with E-state index in [9.17, 15) is 18.5 Å². The Morgan fingerprint density at radius 3 is 2.20 bits per heavy atom. The molecule has 9 heteroatoms. The average Bonchev–Trinajstić information content (AvgIpc) is 2.59. The van der Waals surface area contributed by atoms with Crippen LogP contribution < -0.4 is 4.31 Å². The Balaban J connectivity index is 2.35. The molecule has 134 valence electrons. The summed E-state index contributed by atoms with van der Waals surface area (Å²) in [5, 5.41) is 11.4. The van der Waals surface area contributed by atoms with Gasteiger partial charge in [-0.05, 0) is 17.7 Å². The van der Waals surface area contributed by atoms with Gasteiger partial charge in [-0.25, -0.2) is 8.42 Å². The molecule has 0 saturated carbocycles. The molecule has 1 atom stereocenters. The first-order valence-corrected chi connectivity index (χ1v) is 11.0. The Bertz CT molecular complexity index is 814. The highest BCUT2D eigenvalue weighted by molar-refractivity contribution is 9.12. The minimum Gasteiger partial charge on any atom is -0.269 e. The molecule has 0 aromatic heterocycles. The lowest BCUT2D eigenvalue weighted by Gasteiger charge is -2.26. The van der Waals surface area contributed by atoms with Gasteiger partial charge in [-0.2, -0.15) is 0 Å². The topological polar surface area (TPSA) is 80.5 Å². The number of rotatable bonds is 8. The zero-order chi connectivity index (χ0) is 18.4. The summed E-state index contributed by atoms with van der Waals surface area (Å²) in [7, 11) is -3.65. The molecule has 0 aliphatic carbocycles. The number of non-ortho nitro benzene ring substituents is 1. The maximum absolute atomic E-state index is 12.9. The summed E-state index contributed by atoms with van der Waals surface area (Å²) >= 11 is 6.75. The van der Waals surface area contributed by atoms with Crippen molar-refractivity contribution in [3.63, 3.8) is 0 Å². The maximum Gasteiger partial charge on any atom is 0.269 e. The lowest BCUT2D eigenvalue weighted by atomic mass is 10.2. The highest BCUT2D eigenvalue weighted by atomic mass is 79.9. The molecule has 0 amide bonds. The van der Waals surface area contributed by atoms with Crippen molar-refractivity contribution in [2.24, 2.45) is 0 Å². The van der Waals surface area contributed by atoms with E-state index >= 15 is 0 Å².